The van der Waals surface area contributed by atoms with Crippen LogP contribution in [0.2, 0.25) is 5.02 Å². The van der Waals surface area contributed by atoms with Crippen molar-refractivity contribution in [2.75, 3.05) is 44.3 Å². The number of nitrogens with zero attached hydrogens (tertiary/aromatic N) is 7. The fourth-order valence-electron chi connectivity index (χ4n) is 5.78. The molecule has 17 nitrogen and oxygen atoms in total. The SMILES string of the molecule is CC(=O)c1ccccc1N.CNc1ccc(OC)cc1.COc1ccc(N(C)c2cnnc3ccccc23)cc1.Clc1cnnc2ccccc12.O=N[O-].O=S(Cl)Cl.O=c1cn[nH]c2ccccc12.[Na+]. The Bertz CT molecular complexity index is 3030. The molecule has 0 aliphatic heterocycles. The normalized spacial score (nSPS) is 9.50. The number of ketones is 1. The summed E-state index contributed by atoms with van der Waals surface area (Å²) in [6.45, 7) is 1.51. The largest absolute Gasteiger partial charge is 1.00 e. The third-order valence-electron chi connectivity index (χ3n) is 9.12. The van der Waals surface area contributed by atoms with Crippen LogP contribution >= 0.6 is 33.0 Å². The van der Waals surface area contributed by atoms with Crippen LogP contribution in [0.1, 0.15) is 17.3 Å². The first-order valence-corrected chi connectivity index (χ1v) is 23.2. The Labute approximate surface area is 442 Å². The van der Waals surface area contributed by atoms with Gasteiger partial charge in [-0.25, -0.2) is 4.21 Å². The molecule has 9 rings (SSSR count). The standard InChI is InChI=1S/C16H15N3O.C8H5ClN2.C8H6N2O.C8H11NO.C8H9NO.Cl2OS.HNO2.Na/c1-19(12-7-9-13(20-2)10-8-12)16-11-17-18-15-6-4-3-5-14(15)16;9-7-5-10-11-8-4-2-1-3-6(7)8;11-8-5-9-10-7-4-2-1-3-6(7)8;1-9-7-3-5-8(10-2)6-4-7;1-6(10)7-4-2-3-5-8(7)9;1-4(2)3;2-1-3;/h3-11H,1-2H3;1-5H;1-5H,(H,10,11);3-6,9H,1-2H3;2-5H,9H2,1H3;;(H,2,3);/q;;;;;;;+1/p-1. The predicted molar refractivity (Wildman–Crippen MR) is 280 cm³/mol. The Hall–Kier alpha value is -6.77. The van der Waals surface area contributed by atoms with E-state index in [0.717, 1.165) is 61.2 Å². The van der Waals surface area contributed by atoms with Crippen LogP contribution in [0.15, 0.2) is 174 Å². The molecule has 4 N–H and O–H groups in total. The number of nitrogens with two attached hydrogens (primary N) is 1. The molecular formula is C48H46Cl3N10NaO7S. The van der Waals surface area contributed by atoms with Crippen molar-refractivity contribution in [3.05, 3.63) is 195 Å². The zero-order valence-corrected chi connectivity index (χ0v) is 43.8. The molecule has 0 bridgehead atoms. The third kappa shape index (κ3) is 20.1. The average Bonchev–Trinajstić information content (AvgIpc) is 3.37. The summed E-state index contributed by atoms with van der Waals surface area (Å²) < 4.78 is 19.3. The summed E-state index contributed by atoms with van der Waals surface area (Å²) >= 11 is 5.85. The van der Waals surface area contributed by atoms with Crippen LogP contribution in [0.4, 0.5) is 22.7 Å². The number of aromatic nitrogens is 6. The van der Waals surface area contributed by atoms with E-state index in [0.29, 0.717) is 21.7 Å². The van der Waals surface area contributed by atoms with Crippen molar-refractivity contribution in [1.29, 1.82) is 0 Å². The van der Waals surface area contributed by atoms with Gasteiger partial charge in [-0.1, -0.05) is 72.3 Å². The number of ether oxygens (including phenoxy) is 2. The maximum absolute atomic E-state index is 11.1. The molecule has 0 radical (unpaired) electrons. The number of aromatic amines is 1. The molecule has 9 aromatic rings. The number of Topliss-reactive ketones (excluding diaryl/α,β-unsaturated/α-hetero) is 1. The van der Waals surface area contributed by atoms with E-state index in [1.165, 1.54) is 13.1 Å². The van der Waals surface area contributed by atoms with Crippen molar-refractivity contribution in [3.63, 3.8) is 0 Å². The van der Waals surface area contributed by atoms with E-state index in [9.17, 15) is 9.59 Å². The number of benzene rings is 6. The average molecular weight is 1040 g/mol. The van der Waals surface area contributed by atoms with Gasteiger partial charge in [0, 0.05) is 74.2 Å². The van der Waals surface area contributed by atoms with Gasteiger partial charge < -0.3 is 35.5 Å². The number of H-pyrrole nitrogens is 1. The Morgan fingerprint density at radius 2 is 1.21 bits per heavy atom. The van der Waals surface area contributed by atoms with Crippen molar-refractivity contribution in [1.82, 2.24) is 30.6 Å². The molecule has 70 heavy (non-hydrogen) atoms. The minimum Gasteiger partial charge on any atom is -0.497 e. The number of nitrogen functional groups attached to an aromatic ring is 1. The van der Waals surface area contributed by atoms with Crippen LogP contribution < -0.4 is 60.4 Å². The number of anilines is 4. The summed E-state index contributed by atoms with van der Waals surface area (Å²) in [5.41, 5.74) is 12.3. The molecule has 0 aliphatic carbocycles. The van der Waals surface area contributed by atoms with Crippen LogP contribution in [0.5, 0.6) is 11.5 Å². The molecule has 0 amide bonds. The van der Waals surface area contributed by atoms with Crippen LogP contribution in [-0.2, 0) is 9.23 Å². The number of methoxy groups -OCH3 is 2. The van der Waals surface area contributed by atoms with Gasteiger partial charge in [0.2, 0.25) is 14.7 Å². The fourth-order valence-corrected chi connectivity index (χ4v) is 5.98. The zero-order chi connectivity index (χ0) is 50.6. The number of rotatable bonds is 6. The molecular weight excluding hydrogens is 990 g/mol. The molecule has 0 aliphatic rings. The van der Waals surface area contributed by atoms with Crippen molar-refractivity contribution < 1.29 is 48.0 Å². The van der Waals surface area contributed by atoms with Crippen molar-refractivity contribution in [3.8, 4) is 11.5 Å². The molecule has 0 spiro atoms. The summed E-state index contributed by atoms with van der Waals surface area (Å²) in [6, 6.07) is 45.7. The molecule has 6 aromatic carbocycles. The topological polar surface area (TPSA) is 244 Å². The van der Waals surface area contributed by atoms with Gasteiger partial charge in [0.25, 0.3) is 0 Å². The van der Waals surface area contributed by atoms with Crippen LogP contribution in [0.3, 0.4) is 0 Å². The summed E-state index contributed by atoms with van der Waals surface area (Å²) in [6.07, 6.45) is 4.61. The van der Waals surface area contributed by atoms with E-state index in [1.54, 1.807) is 50.9 Å². The molecule has 3 aromatic heterocycles. The molecule has 3 heterocycles. The molecule has 358 valence electrons. The second kappa shape index (κ2) is 32.9. The summed E-state index contributed by atoms with van der Waals surface area (Å²) in [5.74, 6) is 1.75. The van der Waals surface area contributed by atoms with E-state index < -0.39 is 9.23 Å². The van der Waals surface area contributed by atoms with Gasteiger partial charge in [-0.3, -0.25) is 14.7 Å². The van der Waals surface area contributed by atoms with Gasteiger partial charge in [0.15, 0.2) is 5.78 Å². The Morgan fingerprint density at radius 3 is 1.71 bits per heavy atom. The molecule has 0 saturated carbocycles. The number of halogens is 3. The van der Waals surface area contributed by atoms with Crippen molar-refractivity contribution in [2.45, 2.75) is 6.92 Å². The van der Waals surface area contributed by atoms with Gasteiger partial charge in [0.1, 0.15) is 11.5 Å². The van der Waals surface area contributed by atoms with Gasteiger partial charge >= 0.3 is 29.6 Å². The third-order valence-corrected chi connectivity index (χ3v) is 9.42. The second-order valence-corrected chi connectivity index (χ2v) is 16.3. The Kier molecular flexibility index (Phi) is 27.9. The summed E-state index contributed by atoms with van der Waals surface area (Å²) in [7, 11) is 14.6. The van der Waals surface area contributed by atoms with Crippen LogP contribution in [-0.4, -0.2) is 68.9 Å². The smallest absolute Gasteiger partial charge is 0.497 e. The molecule has 22 heteroatoms. The first-order valence-electron chi connectivity index (χ1n) is 20.0. The maximum atomic E-state index is 11.1. The number of hydrogen-bond acceptors (Lipinski definition) is 16. The van der Waals surface area contributed by atoms with E-state index in [1.807, 2.05) is 129 Å². The van der Waals surface area contributed by atoms with Crippen molar-refractivity contribution >= 4 is 103 Å². The van der Waals surface area contributed by atoms with E-state index in [2.05, 4.69) is 68.2 Å². The second-order valence-electron chi connectivity index (χ2n) is 13.4. The number of carbonyl (C=O) groups is 1. The molecule has 0 fully saturated rings. The first-order chi connectivity index (χ1) is 33.3. The minimum atomic E-state index is -1.67. The monoisotopic (exact) mass is 1030 g/mol. The number of para-hydroxylation sites is 2. The summed E-state index contributed by atoms with van der Waals surface area (Å²) in [5, 5.41) is 37.7. The molecule has 0 saturated heterocycles. The number of hydrogen-bond donors (Lipinski definition) is 3. The Balaban J connectivity index is 0.000000297. The first kappa shape index (κ1) is 59.4. The maximum Gasteiger partial charge on any atom is 1.00 e. The van der Waals surface area contributed by atoms with Gasteiger partial charge in [0.05, 0.1) is 60.1 Å². The van der Waals surface area contributed by atoms with Gasteiger partial charge in [-0.2, -0.15) is 25.5 Å². The number of nitrogens with one attached hydrogen (secondary N) is 2. The summed E-state index contributed by atoms with van der Waals surface area (Å²) in [4.78, 5) is 32.0. The number of carbonyl (C=O) groups excluding carboxylic acids is 1. The molecule has 0 atom stereocenters. The van der Waals surface area contributed by atoms with Gasteiger partial charge in [-0.05, 0) is 91.9 Å². The minimum absolute atomic E-state index is 0. The van der Waals surface area contributed by atoms with Gasteiger partial charge in [-0.15, -0.1) is 5.34 Å². The Morgan fingerprint density at radius 1 is 0.743 bits per heavy atom. The molecule has 0 unspecified atom stereocenters. The van der Waals surface area contributed by atoms with Crippen LogP contribution in [0.25, 0.3) is 32.7 Å². The zero-order valence-electron chi connectivity index (χ0n) is 38.7. The quantitative estimate of drug-likeness (QED) is 0.0356. The van der Waals surface area contributed by atoms with E-state index >= 15 is 0 Å². The van der Waals surface area contributed by atoms with E-state index in [-0.39, 0.29) is 40.8 Å². The fraction of sp³-hybridized carbons (Fsp3) is 0.104. The number of fused-ring (bicyclic) bond motifs is 3. The predicted octanol–water partition coefficient (Wildman–Crippen LogP) is 8.12. The van der Waals surface area contributed by atoms with Crippen molar-refractivity contribution in [2.24, 2.45) is 5.34 Å². The van der Waals surface area contributed by atoms with Crippen LogP contribution in [0, 0.1) is 10.1 Å². The van der Waals surface area contributed by atoms with E-state index in [4.69, 9.17) is 41.1 Å².